The normalized spacial score (nSPS) is 13.9. The van der Waals surface area contributed by atoms with Crippen LogP contribution >= 0.6 is 11.6 Å². The van der Waals surface area contributed by atoms with Crippen molar-refractivity contribution in [3.63, 3.8) is 0 Å². The van der Waals surface area contributed by atoms with E-state index >= 15 is 0 Å². The Morgan fingerprint density at radius 1 is 1.04 bits per heavy atom. The number of rotatable bonds is 3. The van der Waals surface area contributed by atoms with Gasteiger partial charge >= 0.3 is 0 Å². The summed E-state index contributed by atoms with van der Waals surface area (Å²) in [6, 6.07) is 10.2. The van der Waals surface area contributed by atoms with Gasteiger partial charge < -0.3 is 5.32 Å². The number of hydrogen-bond donors (Lipinski definition) is 2. The van der Waals surface area contributed by atoms with Crippen LogP contribution in [0, 0.1) is 5.82 Å². The maximum Gasteiger partial charge on any atom is 0.132 e. The van der Waals surface area contributed by atoms with E-state index in [0.717, 1.165) is 29.7 Å². The molecule has 2 N–H and O–H groups in total. The molecular formula is C21H15ClFN5. The van der Waals surface area contributed by atoms with Crippen molar-refractivity contribution in [1.82, 2.24) is 25.5 Å². The van der Waals surface area contributed by atoms with Crippen molar-refractivity contribution >= 4 is 28.2 Å². The Bertz CT molecular complexity index is 1230. The molecule has 0 saturated carbocycles. The van der Waals surface area contributed by atoms with Crippen molar-refractivity contribution in [3.05, 3.63) is 71.3 Å². The summed E-state index contributed by atoms with van der Waals surface area (Å²) < 4.78 is 14.4. The Morgan fingerprint density at radius 3 is 2.82 bits per heavy atom. The number of nitrogens with one attached hydrogen (secondary N) is 2. The molecule has 28 heavy (non-hydrogen) atoms. The lowest BCUT2D eigenvalue weighted by molar-refractivity contribution is 0.630. The van der Waals surface area contributed by atoms with Crippen LogP contribution < -0.4 is 5.32 Å². The van der Waals surface area contributed by atoms with Crippen molar-refractivity contribution < 1.29 is 4.39 Å². The van der Waals surface area contributed by atoms with Gasteiger partial charge in [-0.15, -0.1) is 0 Å². The number of H-pyrrole nitrogens is 1. The Hall–Kier alpha value is -3.09. The number of hydrogen-bond acceptors (Lipinski definition) is 4. The van der Waals surface area contributed by atoms with Gasteiger partial charge in [0, 0.05) is 41.6 Å². The molecule has 1 aromatic carbocycles. The van der Waals surface area contributed by atoms with Crippen molar-refractivity contribution in [1.29, 1.82) is 0 Å². The van der Waals surface area contributed by atoms with Crippen molar-refractivity contribution in [3.8, 4) is 22.5 Å². The summed E-state index contributed by atoms with van der Waals surface area (Å²) in [5.41, 5.74) is 6.04. The minimum Gasteiger partial charge on any atom is -0.309 e. The smallest absolute Gasteiger partial charge is 0.132 e. The highest BCUT2D eigenvalue weighted by molar-refractivity contribution is 6.30. The minimum absolute atomic E-state index is 0.333. The number of benzene rings is 1. The fourth-order valence-electron chi connectivity index (χ4n) is 3.40. The summed E-state index contributed by atoms with van der Waals surface area (Å²) in [6.07, 6.45) is 5.74. The molecule has 0 radical (unpaired) electrons. The SMILES string of the molecule is Fc1ccc(Cl)cc1-c1n[nH]cc1-c1ccc2ncc(C3=CCNC3)cc2n1. The summed E-state index contributed by atoms with van der Waals surface area (Å²) >= 11 is 6.05. The summed E-state index contributed by atoms with van der Waals surface area (Å²) in [6.45, 7) is 1.69. The Morgan fingerprint density at radius 2 is 1.96 bits per heavy atom. The van der Waals surface area contributed by atoms with Crippen molar-refractivity contribution in [2.75, 3.05) is 13.1 Å². The van der Waals surface area contributed by atoms with Crippen LogP contribution in [-0.4, -0.2) is 33.3 Å². The first-order valence-electron chi connectivity index (χ1n) is 8.85. The molecule has 1 aliphatic rings. The van der Waals surface area contributed by atoms with Crippen molar-refractivity contribution in [2.45, 2.75) is 0 Å². The lowest BCUT2D eigenvalue weighted by atomic mass is 10.0. The average molecular weight is 392 g/mol. The number of halogens is 2. The first-order valence-corrected chi connectivity index (χ1v) is 9.23. The third-order valence-corrected chi connectivity index (χ3v) is 5.05. The lowest BCUT2D eigenvalue weighted by Gasteiger charge is -2.07. The van der Waals surface area contributed by atoms with E-state index in [4.69, 9.17) is 16.6 Å². The topological polar surface area (TPSA) is 66.5 Å². The van der Waals surface area contributed by atoms with E-state index in [0.29, 0.717) is 27.5 Å². The molecule has 0 aliphatic carbocycles. The Balaban J connectivity index is 1.62. The molecule has 5 rings (SSSR count). The lowest BCUT2D eigenvalue weighted by Crippen LogP contribution is -2.07. The van der Waals surface area contributed by atoms with Gasteiger partial charge in [0.1, 0.15) is 11.5 Å². The fourth-order valence-corrected chi connectivity index (χ4v) is 3.57. The summed E-state index contributed by atoms with van der Waals surface area (Å²) in [5.74, 6) is -0.386. The largest absolute Gasteiger partial charge is 0.309 e. The molecule has 0 fully saturated rings. The highest BCUT2D eigenvalue weighted by Crippen LogP contribution is 2.33. The van der Waals surface area contributed by atoms with Gasteiger partial charge in [-0.1, -0.05) is 17.7 Å². The average Bonchev–Trinajstić information content (AvgIpc) is 3.41. The van der Waals surface area contributed by atoms with E-state index in [1.165, 1.54) is 17.7 Å². The Labute approximate surface area is 165 Å². The van der Waals surface area contributed by atoms with Crippen LogP contribution in [0.3, 0.4) is 0 Å². The zero-order valence-electron chi connectivity index (χ0n) is 14.7. The number of pyridine rings is 2. The molecule has 0 spiro atoms. The number of fused-ring (bicyclic) bond motifs is 1. The van der Waals surface area contributed by atoms with Crippen LogP contribution in [0.5, 0.6) is 0 Å². The minimum atomic E-state index is -0.386. The molecule has 4 aromatic rings. The van der Waals surface area contributed by atoms with Crippen LogP contribution in [0.4, 0.5) is 4.39 Å². The molecule has 3 aromatic heterocycles. The summed E-state index contributed by atoms with van der Waals surface area (Å²) in [4.78, 5) is 9.28. The predicted octanol–water partition coefficient (Wildman–Crippen LogP) is 4.47. The van der Waals surface area contributed by atoms with E-state index in [-0.39, 0.29) is 5.82 Å². The molecule has 0 saturated heterocycles. The van der Waals surface area contributed by atoms with Crippen LogP contribution in [0.2, 0.25) is 5.02 Å². The molecule has 7 heteroatoms. The zero-order valence-corrected chi connectivity index (χ0v) is 15.5. The second kappa shape index (κ2) is 6.82. The molecule has 0 amide bonds. The van der Waals surface area contributed by atoms with Crippen LogP contribution in [0.15, 0.2) is 54.9 Å². The van der Waals surface area contributed by atoms with Gasteiger partial charge in [-0.3, -0.25) is 10.1 Å². The van der Waals surface area contributed by atoms with Gasteiger partial charge in [0.25, 0.3) is 0 Å². The van der Waals surface area contributed by atoms with E-state index in [2.05, 4.69) is 26.6 Å². The fraction of sp³-hybridized carbons (Fsp3) is 0.0952. The molecule has 5 nitrogen and oxygen atoms in total. The van der Waals surface area contributed by atoms with Gasteiger partial charge in [0.2, 0.25) is 0 Å². The Kier molecular flexibility index (Phi) is 4.15. The van der Waals surface area contributed by atoms with E-state index in [1.54, 1.807) is 12.3 Å². The number of aromatic nitrogens is 4. The highest BCUT2D eigenvalue weighted by atomic mass is 35.5. The maximum absolute atomic E-state index is 14.4. The van der Waals surface area contributed by atoms with Crippen LogP contribution in [0.25, 0.3) is 39.1 Å². The maximum atomic E-state index is 14.4. The van der Waals surface area contributed by atoms with Gasteiger partial charge in [-0.2, -0.15) is 5.10 Å². The molecule has 0 atom stereocenters. The van der Waals surface area contributed by atoms with E-state index in [1.807, 2.05) is 24.4 Å². The van der Waals surface area contributed by atoms with Gasteiger partial charge in [-0.05, 0) is 47.5 Å². The summed E-state index contributed by atoms with van der Waals surface area (Å²) in [7, 11) is 0. The third kappa shape index (κ3) is 2.96. The van der Waals surface area contributed by atoms with Crippen LogP contribution in [-0.2, 0) is 0 Å². The van der Waals surface area contributed by atoms with E-state index in [9.17, 15) is 4.39 Å². The predicted molar refractivity (Wildman–Crippen MR) is 108 cm³/mol. The molecule has 1 aliphatic heterocycles. The third-order valence-electron chi connectivity index (χ3n) is 4.82. The quantitative estimate of drug-likeness (QED) is 0.541. The monoisotopic (exact) mass is 391 g/mol. The zero-order chi connectivity index (χ0) is 19.1. The molecule has 138 valence electrons. The van der Waals surface area contributed by atoms with Gasteiger partial charge in [0.05, 0.1) is 16.7 Å². The number of aromatic amines is 1. The highest BCUT2D eigenvalue weighted by Gasteiger charge is 2.17. The first kappa shape index (κ1) is 17.0. The summed E-state index contributed by atoms with van der Waals surface area (Å²) in [5, 5.41) is 10.8. The molecule has 4 heterocycles. The van der Waals surface area contributed by atoms with Crippen molar-refractivity contribution in [2.24, 2.45) is 0 Å². The van der Waals surface area contributed by atoms with Gasteiger partial charge in [-0.25, -0.2) is 9.37 Å². The molecule has 0 bridgehead atoms. The molecular weight excluding hydrogens is 377 g/mol. The molecule has 0 unspecified atom stereocenters. The van der Waals surface area contributed by atoms with E-state index < -0.39 is 0 Å². The standard InChI is InChI=1S/C21H15ClFN5/c22-14-1-2-17(23)15(8-14)21-16(11-26-28-21)18-3-4-19-20(27-18)7-13(10-25-19)12-5-6-24-9-12/h1-5,7-8,10-11,24H,6,9H2,(H,26,28). The van der Waals surface area contributed by atoms with Gasteiger partial charge in [0.15, 0.2) is 0 Å². The first-order chi connectivity index (χ1) is 13.7. The second-order valence-electron chi connectivity index (χ2n) is 6.59. The second-order valence-corrected chi connectivity index (χ2v) is 7.03. The number of nitrogens with zero attached hydrogens (tertiary/aromatic N) is 3. The van der Waals surface area contributed by atoms with Crippen LogP contribution in [0.1, 0.15) is 5.56 Å².